The maximum Gasteiger partial charge on any atom is 0.210 e. The van der Waals surface area contributed by atoms with Gasteiger partial charge in [-0.25, -0.2) is 21.2 Å². The van der Waals surface area contributed by atoms with Crippen molar-refractivity contribution in [1.82, 2.24) is 4.37 Å². The molecule has 3 aromatic rings. The van der Waals surface area contributed by atoms with Gasteiger partial charge in [0.2, 0.25) is 9.84 Å². The lowest BCUT2D eigenvalue weighted by Crippen LogP contribution is -2.11. The zero-order valence-corrected chi connectivity index (χ0v) is 17.8. The Morgan fingerprint density at radius 3 is 2.18 bits per heavy atom. The molecule has 5 nitrogen and oxygen atoms in total. The van der Waals surface area contributed by atoms with Crippen LogP contribution in [0.25, 0.3) is 11.3 Å². The van der Waals surface area contributed by atoms with Crippen LogP contribution in [0, 0.1) is 5.82 Å². The molecule has 3 rings (SSSR count). The van der Waals surface area contributed by atoms with Gasteiger partial charge in [-0.05, 0) is 66.5 Å². The molecule has 0 amide bonds. The average Bonchev–Trinajstić information content (AvgIpc) is 3.09. The lowest BCUT2D eigenvalue weighted by Gasteiger charge is -2.09. The summed E-state index contributed by atoms with van der Waals surface area (Å²) in [4.78, 5) is -0.492. The van der Waals surface area contributed by atoms with E-state index in [1.54, 1.807) is 6.92 Å². The van der Waals surface area contributed by atoms with Gasteiger partial charge in [0.15, 0.2) is 14.0 Å². The molecule has 2 aromatic carbocycles. The van der Waals surface area contributed by atoms with Crippen LogP contribution in [-0.4, -0.2) is 27.0 Å². The molecular formula is C18H15ClFNO4S3. The zero-order chi connectivity index (χ0) is 20.5. The smallest absolute Gasteiger partial charge is 0.210 e. The van der Waals surface area contributed by atoms with E-state index in [1.807, 2.05) is 0 Å². The second-order valence-corrected chi connectivity index (χ2v) is 11.3. The average molecular weight is 460 g/mol. The van der Waals surface area contributed by atoms with Crippen molar-refractivity contribution >= 4 is 42.8 Å². The Hall–Kier alpha value is -1.81. The Kier molecular flexibility index (Phi) is 5.90. The topological polar surface area (TPSA) is 81.2 Å². The molecule has 1 heterocycles. The first kappa shape index (κ1) is 20.9. The molecule has 0 saturated heterocycles. The van der Waals surface area contributed by atoms with Gasteiger partial charge >= 0.3 is 0 Å². The summed E-state index contributed by atoms with van der Waals surface area (Å²) in [7, 11) is -8.08. The molecule has 0 unspecified atom stereocenters. The van der Waals surface area contributed by atoms with Crippen LogP contribution in [0.4, 0.5) is 4.39 Å². The number of sulfone groups is 2. The van der Waals surface area contributed by atoms with E-state index in [-0.39, 0.29) is 25.4 Å². The molecule has 0 fully saturated rings. The van der Waals surface area contributed by atoms with Crippen LogP contribution in [0.5, 0.6) is 0 Å². The molecule has 0 aliphatic rings. The van der Waals surface area contributed by atoms with Crippen molar-refractivity contribution in [1.29, 1.82) is 0 Å². The molecule has 0 N–H and O–H groups in total. The number of hydrogen-bond donors (Lipinski definition) is 0. The van der Waals surface area contributed by atoms with Gasteiger partial charge in [0.05, 0.1) is 10.6 Å². The van der Waals surface area contributed by atoms with E-state index in [2.05, 4.69) is 4.37 Å². The minimum Gasteiger partial charge on any atom is -0.223 e. The fourth-order valence-corrected chi connectivity index (χ4v) is 7.76. The number of hydrogen-bond acceptors (Lipinski definition) is 6. The number of aromatic nitrogens is 1. The normalized spacial score (nSPS) is 12.2. The van der Waals surface area contributed by atoms with Crippen molar-refractivity contribution in [3.63, 3.8) is 0 Å². The van der Waals surface area contributed by atoms with E-state index in [0.717, 1.165) is 12.1 Å². The van der Waals surface area contributed by atoms with E-state index in [0.29, 0.717) is 28.5 Å². The predicted octanol–water partition coefficient (Wildman–Crippen LogP) is 4.62. The first-order chi connectivity index (χ1) is 13.2. The van der Waals surface area contributed by atoms with Gasteiger partial charge in [-0.15, -0.1) is 0 Å². The van der Waals surface area contributed by atoms with Gasteiger partial charge < -0.3 is 0 Å². The largest absolute Gasteiger partial charge is 0.223 e. The third kappa shape index (κ3) is 3.98. The molecule has 0 saturated carbocycles. The van der Waals surface area contributed by atoms with Gasteiger partial charge in [-0.1, -0.05) is 18.5 Å². The summed E-state index contributed by atoms with van der Waals surface area (Å²) in [6.45, 7) is 1.69. The minimum atomic E-state index is -4.22. The highest BCUT2D eigenvalue weighted by Gasteiger charge is 2.34. The van der Waals surface area contributed by atoms with Crippen LogP contribution in [-0.2, 0) is 19.7 Å². The number of halogens is 2. The standard InChI is InChI=1S/C18H15ClFNO4S3/c1-2-11-27(22,23)18-17(28(24,25)15-9-5-13(19)6-10-15)16(21-26-18)12-3-7-14(20)8-4-12/h3-10H,2,11H2,1H3. The summed E-state index contributed by atoms with van der Waals surface area (Å²) < 4.78 is 69.1. The third-order valence-electron chi connectivity index (χ3n) is 3.89. The highest BCUT2D eigenvalue weighted by molar-refractivity contribution is 7.96. The highest BCUT2D eigenvalue weighted by atomic mass is 35.5. The third-order valence-corrected chi connectivity index (χ3v) is 9.57. The summed E-state index contributed by atoms with van der Waals surface area (Å²) in [6.07, 6.45) is 0.326. The van der Waals surface area contributed by atoms with Crippen LogP contribution in [0.2, 0.25) is 5.02 Å². The zero-order valence-electron chi connectivity index (χ0n) is 14.6. The van der Waals surface area contributed by atoms with Crippen molar-refractivity contribution in [2.24, 2.45) is 0 Å². The molecule has 148 valence electrons. The Balaban J connectivity index is 2.31. The van der Waals surface area contributed by atoms with Crippen LogP contribution in [0.1, 0.15) is 13.3 Å². The van der Waals surface area contributed by atoms with E-state index in [1.165, 1.54) is 36.4 Å². The Bertz CT molecular complexity index is 1200. The molecule has 0 radical (unpaired) electrons. The molecule has 1 aromatic heterocycles. The molecule has 0 bridgehead atoms. The van der Waals surface area contributed by atoms with Crippen molar-refractivity contribution in [2.75, 3.05) is 5.75 Å². The first-order valence-electron chi connectivity index (χ1n) is 8.16. The van der Waals surface area contributed by atoms with Gasteiger partial charge in [0.25, 0.3) is 0 Å². The summed E-state index contributed by atoms with van der Waals surface area (Å²) in [5.41, 5.74) is 0.290. The van der Waals surface area contributed by atoms with Gasteiger partial charge in [-0.2, -0.15) is 4.37 Å². The summed E-state index contributed by atoms with van der Waals surface area (Å²) in [5.74, 6) is -0.707. The van der Waals surface area contributed by atoms with Crippen molar-refractivity contribution in [3.05, 3.63) is 59.4 Å². The van der Waals surface area contributed by atoms with E-state index in [9.17, 15) is 21.2 Å². The van der Waals surface area contributed by atoms with Crippen LogP contribution < -0.4 is 0 Å². The molecule has 0 spiro atoms. The van der Waals surface area contributed by atoms with Crippen molar-refractivity contribution in [2.45, 2.75) is 27.3 Å². The maximum absolute atomic E-state index is 13.3. The SMILES string of the molecule is CCCS(=O)(=O)c1snc(-c2ccc(F)cc2)c1S(=O)(=O)c1ccc(Cl)cc1. The molecule has 0 aliphatic carbocycles. The summed E-state index contributed by atoms with van der Waals surface area (Å²) >= 11 is 6.45. The summed E-state index contributed by atoms with van der Waals surface area (Å²) in [6, 6.07) is 10.5. The monoisotopic (exact) mass is 459 g/mol. The van der Waals surface area contributed by atoms with Crippen LogP contribution in [0.3, 0.4) is 0 Å². The van der Waals surface area contributed by atoms with Crippen molar-refractivity contribution in [3.8, 4) is 11.3 Å². The molecule has 28 heavy (non-hydrogen) atoms. The first-order valence-corrected chi connectivity index (χ1v) is 12.4. The number of benzene rings is 2. The number of nitrogens with zero attached hydrogens (tertiary/aromatic N) is 1. The van der Waals surface area contributed by atoms with E-state index in [4.69, 9.17) is 11.6 Å². The second-order valence-electron chi connectivity index (χ2n) is 5.93. The minimum absolute atomic E-state index is 0.0189. The van der Waals surface area contributed by atoms with Gasteiger partial charge in [-0.3, -0.25) is 0 Å². The molecule has 0 aliphatic heterocycles. The fraction of sp³-hybridized carbons (Fsp3) is 0.167. The molecule has 10 heteroatoms. The predicted molar refractivity (Wildman–Crippen MR) is 107 cm³/mol. The van der Waals surface area contributed by atoms with Crippen LogP contribution in [0.15, 0.2) is 62.5 Å². The quantitative estimate of drug-likeness (QED) is 0.537. The summed E-state index contributed by atoms with van der Waals surface area (Å²) in [5, 5.41) is 0.347. The Morgan fingerprint density at radius 2 is 1.61 bits per heavy atom. The van der Waals surface area contributed by atoms with E-state index < -0.39 is 25.5 Å². The maximum atomic E-state index is 13.3. The number of rotatable bonds is 6. The fourth-order valence-electron chi connectivity index (χ4n) is 2.59. The second kappa shape index (κ2) is 7.90. The Morgan fingerprint density at radius 1 is 1.00 bits per heavy atom. The van der Waals surface area contributed by atoms with Gasteiger partial charge in [0, 0.05) is 10.6 Å². The highest BCUT2D eigenvalue weighted by Crippen LogP contribution is 2.39. The molecular weight excluding hydrogens is 445 g/mol. The molecule has 0 atom stereocenters. The van der Waals surface area contributed by atoms with Crippen LogP contribution >= 0.6 is 23.1 Å². The lowest BCUT2D eigenvalue weighted by molar-refractivity contribution is 0.585. The van der Waals surface area contributed by atoms with Gasteiger partial charge in [0.1, 0.15) is 16.4 Å². The van der Waals surface area contributed by atoms with Crippen molar-refractivity contribution < 1.29 is 21.2 Å². The van der Waals surface area contributed by atoms with E-state index >= 15 is 0 Å². The lowest BCUT2D eigenvalue weighted by atomic mass is 10.1. The Labute approximate surface area is 171 Å².